The summed E-state index contributed by atoms with van der Waals surface area (Å²) in [4.78, 5) is 13.1. The van der Waals surface area contributed by atoms with E-state index in [1.807, 2.05) is 41.8 Å². The smallest absolute Gasteiger partial charge is 0.242 e. The van der Waals surface area contributed by atoms with Gasteiger partial charge in [0.25, 0.3) is 0 Å². The second-order valence-electron chi connectivity index (χ2n) is 3.89. The number of carbonyl (C=O) groups excluding carboxylic acids is 1. The molecule has 1 aromatic carbocycles. The average molecular weight is 280 g/mol. The highest BCUT2D eigenvalue weighted by Crippen LogP contribution is 2.19. The number of nitrogens with one attached hydrogen (secondary N) is 1. The van der Waals surface area contributed by atoms with Crippen LogP contribution < -0.4 is 5.32 Å². The number of hydrogen-bond donors (Lipinski definition) is 1. The van der Waals surface area contributed by atoms with Crippen LogP contribution in [0.15, 0.2) is 47.8 Å². The number of rotatable bonds is 5. The summed E-state index contributed by atoms with van der Waals surface area (Å²) in [5, 5.41) is 4.27. The quantitative estimate of drug-likeness (QED) is 0.835. The van der Waals surface area contributed by atoms with Gasteiger partial charge in [-0.25, -0.2) is 0 Å². The Morgan fingerprint density at radius 3 is 2.67 bits per heavy atom. The van der Waals surface area contributed by atoms with E-state index in [1.54, 1.807) is 11.3 Å². The van der Waals surface area contributed by atoms with Crippen LogP contribution in [0.2, 0.25) is 0 Å². The molecule has 0 aliphatic carbocycles. The maximum atomic E-state index is 11.8. The molecule has 1 heterocycles. The van der Waals surface area contributed by atoms with E-state index in [4.69, 9.17) is 11.6 Å². The van der Waals surface area contributed by atoms with Gasteiger partial charge in [0.15, 0.2) is 0 Å². The minimum absolute atomic E-state index is 0.139. The summed E-state index contributed by atoms with van der Waals surface area (Å²) < 4.78 is 0. The van der Waals surface area contributed by atoms with Crippen molar-refractivity contribution in [3.05, 3.63) is 58.3 Å². The third-order valence-electron chi connectivity index (χ3n) is 2.57. The van der Waals surface area contributed by atoms with Crippen molar-refractivity contribution in [1.82, 2.24) is 5.32 Å². The van der Waals surface area contributed by atoms with Gasteiger partial charge in [0, 0.05) is 11.4 Å². The monoisotopic (exact) mass is 279 g/mol. The molecular formula is C14H14ClNOS. The van der Waals surface area contributed by atoms with E-state index >= 15 is 0 Å². The van der Waals surface area contributed by atoms with Gasteiger partial charge in [-0.05, 0) is 23.4 Å². The topological polar surface area (TPSA) is 29.1 Å². The number of carbonyl (C=O) groups is 1. The first-order valence-electron chi connectivity index (χ1n) is 5.76. The van der Waals surface area contributed by atoms with E-state index in [-0.39, 0.29) is 5.91 Å². The largest absolute Gasteiger partial charge is 0.354 e. The molecule has 2 rings (SSSR count). The third kappa shape index (κ3) is 3.59. The summed E-state index contributed by atoms with van der Waals surface area (Å²) in [6.07, 6.45) is 0.849. The van der Waals surface area contributed by atoms with E-state index in [0.717, 1.165) is 12.0 Å². The van der Waals surface area contributed by atoms with Gasteiger partial charge in [0.1, 0.15) is 5.38 Å². The fraction of sp³-hybridized carbons (Fsp3) is 0.214. The lowest BCUT2D eigenvalue weighted by Gasteiger charge is -2.10. The molecule has 0 aliphatic rings. The molecule has 0 radical (unpaired) electrons. The summed E-state index contributed by atoms with van der Waals surface area (Å²) >= 11 is 7.80. The Morgan fingerprint density at radius 2 is 2.00 bits per heavy atom. The van der Waals surface area contributed by atoms with Gasteiger partial charge in [0.05, 0.1) is 0 Å². The normalized spacial score (nSPS) is 12.1. The lowest BCUT2D eigenvalue weighted by atomic mass is 10.1. The molecule has 0 saturated heterocycles. The van der Waals surface area contributed by atoms with E-state index in [9.17, 15) is 4.79 Å². The Kier molecular flexibility index (Phi) is 4.79. The van der Waals surface area contributed by atoms with Crippen molar-refractivity contribution in [2.24, 2.45) is 0 Å². The van der Waals surface area contributed by atoms with Crippen LogP contribution in [0.5, 0.6) is 0 Å². The average Bonchev–Trinajstić information content (AvgIpc) is 2.92. The molecule has 1 N–H and O–H groups in total. The van der Waals surface area contributed by atoms with E-state index in [0.29, 0.717) is 6.54 Å². The van der Waals surface area contributed by atoms with Crippen LogP contribution in [0.1, 0.15) is 15.8 Å². The van der Waals surface area contributed by atoms with E-state index in [2.05, 4.69) is 11.4 Å². The molecular weight excluding hydrogens is 266 g/mol. The van der Waals surface area contributed by atoms with Crippen LogP contribution in [0, 0.1) is 0 Å². The summed E-state index contributed by atoms with van der Waals surface area (Å²) in [6.45, 7) is 0.620. The van der Waals surface area contributed by atoms with Gasteiger partial charge in [-0.2, -0.15) is 0 Å². The highest BCUT2D eigenvalue weighted by molar-refractivity contribution is 7.09. The molecule has 94 valence electrons. The zero-order chi connectivity index (χ0) is 12.8. The van der Waals surface area contributed by atoms with Gasteiger partial charge < -0.3 is 5.32 Å². The van der Waals surface area contributed by atoms with Crippen molar-refractivity contribution in [3.63, 3.8) is 0 Å². The Bertz CT molecular complexity index is 484. The third-order valence-corrected chi connectivity index (χ3v) is 3.96. The van der Waals surface area contributed by atoms with E-state index < -0.39 is 5.38 Å². The van der Waals surface area contributed by atoms with Crippen LogP contribution >= 0.6 is 22.9 Å². The van der Waals surface area contributed by atoms with Crippen LogP contribution in [0.4, 0.5) is 0 Å². The Hall–Kier alpha value is -1.32. The van der Waals surface area contributed by atoms with Crippen LogP contribution in [0.25, 0.3) is 0 Å². The molecule has 2 aromatic rings. The van der Waals surface area contributed by atoms with Crippen LogP contribution in [-0.4, -0.2) is 12.5 Å². The molecule has 4 heteroatoms. The number of benzene rings is 1. The van der Waals surface area contributed by atoms with Crippen molar-refractivity contribution in [2.75, 3.05) is 6.54 Å². The van der Waals surface area contributed by atoms with Crippen molar-refractivity contribution in [3.8, 4) is 0 Å². The van der Waals surface area contributed by atoms with Crippen molar-refractivity contribution in [2.45, 2.75) is 11.8 Å². The first-order chi connectivity index (χ1) is 8.77. The second-order valence-corrected chi connectivity index (χ2v) is 5.36. The van der Waals surface area contributed by atoms with Gasteiger partial charge in [-0.15, -0.1) is 22.9 Å². The predicted octanol–water partition coefficient (Wildman–Crippen LogP) is 3.39. The second kappa shape index (κ2) is 6.57. The van der Waals surface area contributed by atoms with Crippen LogP contribution in [0.3, 0.4) is 0 Å². The zero-order valence-corrected chi connectivity index (χ0v) is 11.4. The Balaban J connectivity index is 1.81. The maximum Gasteiger partial charge on any atom is 0.242 e. The maximum absolute atomic E-state index is 11.8. The molecule has 2 nitrogen and oxygen atoms in total. The number of hydrogen-bond acceptors (Lipinski definition) is 2. The van der Waals surface area contributed by atoms with Gasteiger partial charge in [-0.3, -0.25) is 4.79 Å². The Morgan fingerprint density at radius 1 is 1.22 bits per heavy atom. The fourth-order valence-corrected chi connectivity index (χ4v) is 2.56. The minimum atomic E-state index is -0.616. The molecule has 1 amide bonds. The number of thiophene rings is 1. The predicted molar refractivity (Wildman–Crippen MR) is 76.1 cm³/mol. The van der Waals surface area contributed by atoms with Crippen LogP contribution in [-0.2, 0) is 11.2 Å². The van der Waals surface area contributed by atoms with Gasteiger partial charge in [-0.1, -0.05) is 36.4 Å². The lowest BCUT2D eigenvalue weighted by Crippen LogP contribution is -2.28. The van der Waals surface area contributed by atoms with Crippen molar-refractivity contribution < 1.29 is 4.79 Å². The molecule has 1 aromatic heterocycles. The molecule has 0 spiro atoms. The first kappa shape index (κ1) is 13.1. The summed E-state index contributed by atoms with van der Waals surface area (Å²) in [5.74, 6) is -0.139. The molecule has 18 heavy (non-hydrogen) atoms. The fourth-order valence-electron chi connectivity index (χ4n) is 1.63. The highest BCUT2D eigenvalue weighted by Gasteiger charge is 2.16. The van der Waals surface area contributed by atoms with Gasteiger partial charge in [0.2, 0.25) is 5.91 Å². The summed E-state index contributed by atoms with van der Waals surface area (Å²) in [6, 6.07) is 13.4. The number of amides is 1. The van der Waals surface area contributed by atoms with Crippen molar-refractivity contribution in [1.29, 1.82) is 0 Å². The molecule has 1 unspecified atom stereocenters. The highest BCUT2D eigenvalue weighted by atomic mass is 35.5. The molecule has 0 aliphatic heterocycles. The first-order valence-corrected chi connectivity index (χ1v) is 7.08. The lowest BCUT2D eigenvalue weighted by molar-refractivity contribution is -0.120. The SMILES string of the molecule is O=C(NCCc1cccs1)C(Cl)c1ccccc1. The summed E-state index contributed by atoms with van der Waals surface area (Å²) in [7, 11) is 0. The summed E-state index contributed by atoms with van der Waals surface area (Å²) in [5.41, 5.74) is 0.827. The molecule has 0 fully saturated rings. The Labute approximate surface area is 116 Å². The number of halogens is 1. The van der Waals surface area contributed by atoms with E-state index in [1.165, 1.54) is 4.88 Å². The molecule has 1 atom stereocenters. The molecule has 0 bridgehead atoms. The zero-order valence-electron chi connectivity index (χ0n) is 9.80. The molecule has 0 saturated carbocycles. The number of alkyl halides is 1. The standard InChI is InChI=1S/C14H14ClNOS/c15-13(11-5-2-1-3-6-11)14(17)16-9-8-12-7-4-10-18-12/h1-7,10,13H,8-9H2,(H,16,17). The van der Waals surface area contributed by atoms with Crippen molar-refractivity contribution >= 4 is 28.8 Å². The minimum Gasteiger partial charge on any atom is -0.354 e. The van der Waals surface area contributed by atoms with Gasteiger partial charge >= 0.3 is 0 Å².